The maximum atomic E-state index is 5.49. The third kappa shape index (κ3) is 12.0. The average Bonchev–Trinajstić information content (AvgIpc) is 2.19. The summed E-state index contributed by atoms with van der Waals surface area (Å²) in [6.45, 7) is 12.4. The molecule has 97 valence electrons. The first-order chi connectivity index (χ1) is 7.52. The maximum Gasteiger partial charge on any atom is 0.220 e. The van der Waals surface area contributed by atoms with Crippen LogP contribution in [-0.4, -0.2) is 13.2 Å². The van der Waals surface area contributed by atoms with Crippen molar-refractivity contribution in [2.75, 3.05) is 13.2 Å². The Kier molecular flexibility index (Phi) is 10.0. The van der Waals surface area contributed by atoms with Crippen LogP contribution in [-0.2, 0) is 9.47 Å². The van der Waals surface area contributed by atoms with E-state index in [-0.39, 0.29) is 0 Å². The second-order valence-corrected chi connectivity index (χ2v) is 5.26. The van der Waals surface area contributed by atoms with Crippen LogP contribution < -0.4 is 0 Å². The van der Waals surface area contributed by atoms with E-state index >= 15 is 0 Å². The van der Waals surface area contributed by atoms with E-state index < -0.39 is 0 Å². The van der Waals surface area contributed by atoms with Crippen molar-refractivity contribution >= 4 is 0 Å². The van der Waals surface area contributed by atoms with E-state index in [1.54, 1.807) is 0 Å². The van der Waals surface area contributed by atoms with Gasteiger partial charge in [0.25, 0.3) is 0 Å². The van der Waals surface area contributed by atoms with Crippen molar-refractivity contribution in [1.29, 1.82) is 0 Å². The number of hydrogen-bond acceptors (Lipinski definition) is 2. The minimum absolute atomic E-state index is 0.729. The molecule has 0 atom stereocenters. The largest absolute Gasteiger partial charge is 0.346 e. The van der Waals surface area contributed by atoms with E-state index in [4.69, 9.17) is 9.47 Å². The van der Waals surface area contributed by atoms with Gasteiger partial charge in [0.15, 0.2) is 0 Å². The van der Waals surface area contributed by atoms with E-state index in [1.807, 2.05) is 6.92 Å². The molecule has 0 saturated carbocycles. The van der Waals surface area contributed by atoms with Gasteiger partial charge in [0.2, 0.25) is 6.29 Å². The Balaban J connectivity index is 3.21. The fourth-order valence-corrected chi connectivity index (χ4v) is 1.46. The Morgan fingerprint density at radius 2 is 1.19 bits per heavy atom. The highest BCUT2D eigenvalue weighted by Gasteiger charge is 2.04. The molecule has 0 bridgehead atoms. The van der Waals surface area contributed by atoms with E-state index in [2.05, 4.69) is 27.7 Å². The van der Waals surface area contributed by atoms with Gasteiger partial charge in [-0.05, 0) is 44.4 Å². The monoisotopic (exact) mass is 229 g/mol. The standard InChI is InChI=1S/C14H29O2/c1-12(2)8-6-10-15-14(5)16-11-7-9-13(3)4/h12-13H,6-11H2,1-5H3. The van der Waals surface area contributed by atoms with Crippen LogP contribution in [0.2, 0.25) is 0 Å². The van der Waals surface area contributed by atoms with Crippen LogP contribution in [0.1, 0.15) is 60.3 Å². The summed E-state index contributed by atoms with van der Waals surface area (Å²) >= 11 is 0. The summed E-state index contributed by atoms with van der Waals surface area (Å²) < 4.78 is 11.0. The van der Waals surface area contributed by atoms with Gasteiger partial charge in [-0.2, -0.15) is 0 Å². The van der Waals surface area contributed by atoms with Crippen molar-refractivity contribution in [3.8, 4) is 0 Å². The zero-order valence-electron chi connectivity index (χ0n) is 11.7. The Labute approximate surface area is 102 Å². The van der Waals surface area contributed by atoms with Crippen molar-refractivity contribution in [2.45, 2.75) is 60.3 Å². The molecule has 0 N–H and O–H groups in total. The lowest BCUT2D eigenvalue weighted by Gasteiger charge is -2.13. The number of ether oxygens (including phenoxy) is 2. The normalized spacial score (nSPS) is 12.0. The van der Waals surface area contributed by atoms with E-state index in [1.165, 1.54) is 12.8 Å². The van der Waals surface area contributed by atoms with Crippen molar-refractivity contribution < 1.29 is 9.47 Å². The summed E-state index contributed by atoms with van der Waals surface area (Å²) in [5.74, 6) is 1.52. The average molecular weight is 229 g/mol. The molecular formula is C14H29O2. The summed E-state index contributed by atoms with van der Waals surface area (Å²) in [5.41, 5.74) is 0. The van der Waals surface area contributed by atoms with Crippen LogP contribution in [0.15, 0.2) is 0 Å². The molecule has 0 heterocycles. The molecule has 0 amide bonds. The molecule has 0 saturated heterocycles. The van der Waals surface area contributed by atoms with Crippen molar-refractivity contribution in [1.82, 2.24) is 0 Å². The lowest BCUT2D eigenvalue weighted by Crippen LogP contribution is -2.07. The van der Waals surface area contributed by atoms with Crippen LogP contribution in [0.4, 0.5) is 0 Å². The van der Waals surface area contributed by atoms with Crippen LogP contribution in [0.25, 0.3) is 0 Å². The number of rotatable bonds is 10. The topological polar surface area (TPSA) is 18.5 Å². The maximum absolute atomic E-state index is 5.49. The predicted octanol–water partition coefficient (Wildman–Crippen LogP) is 4.40. The number of hydrogen-bond donors (Lipinski definition) is 0. The van der Waals surface area contributed by atoms with Gasteiger partial charge in [0.1, 0.15) is 0 Å². The van der Waals surface area contributed by atoms with Crippen molar-refractivity contribution in [2.24, 2.45) is 11.8 Å². The van der Waals surface area contributed by atoms with Gasteiger partial charge in [0.05, 0.1) is 13.2 Å². The molecule has 2 nitrogen and oxygen atoms in total. The highest BCUT2D eigenvalue weighted by Crippen LogP contribution is 2.10. The minimum Gasteiger partial charge on any atom is -0.346 e. The van der Waals surface area contributed by atoms with Gasteiger partial charge in [-0.3, -0.25) is 0 Å². The molecule has 0 aliphatic rings. The fourth-order valence-electron chi connectivity index (χ4n) is 1.46. The third-order valence-electron chi connectivity index (χ3n) is 2.46. The molecule has 0 unspecified atom stereocenters. The summed E-state index contributed by atoms with van der Waals surface area (Å²) in [6, 6.07) is 0. The Morgan fingerprint density at radius 1 is 0.812 bits per heavy atom. The first-order valence-corrected chi connectivity index (χ1v) is 6.61. The second kappa shape index (κ2) is 10.1. The van der Waals surface area contributed by atoms with Crippen LogP contribution in [0.5, 0.6) is 0 Å². The van der Waals surface area contributed by atoms with Crippen molar-refractivity contribution in [3.05, 3.63) is 6.29 Å². The van der Waals surface area contributed by atoms with E-state index in [0.29, 0.717) is 0 Å². The first-order valence-electron chi connectivity index (χ1n) is 6.61. The molecule has 1 radical (unpaired) electrons. The summed E-state index contributed by atoms with van der Waals surface area (Å²) in [5, 5.41) is 0. The molecule has 0 rings (SSSR count). The predicted molar refractivity (Wildman–Crippen MR) is 69.0 cm³/mol. The minimum atomic E-state index is 0.729. The highest BCUT2D eigenvalue weighted by atomic mass is 16.7. The van der Waals surface area contributed by atoms with Gasteiger partial charge < -0.3 is 9.47 Å². The van der Waals surface area contributed by atoms with Gasteiger partial charge in [0, 0.05) is 0 Å². The van der Waals surface area contributed by atoms with Gasteiger partial charge in [-0.15, -0.1) is 0 Å². The molecule has 0 aromatic rings. The van der Waals surface area contributed by atoms with Crippen LogP contribution in [0.3, 0.4) is 0 Å². The molecule has 0 aliphatic heterocycles. The van der Waals surface area contributed by atoms with Crippen LogP contribution in [0, 0.1) is 18.1 Å². The highest BCUT2D eigenvalue weighted by molar-refractivity contribution is 4.56. The van der Waals surface area contributed by atoms with E-state index in [9.17, 15) is 0 Å². The molecule has 0 aromatic heterocycles. The molecular weight excluding hydrogens is 200 g/mol. The van der Waals surface area contributed by atoms with Gasteiger partial charge in [-0.1, -0.05) is 27.7 Å². The zero-order chi connectivity index (χ0) is 12.4. The summed E-state index contributed by atoms with van der Waals surface area (Å²) in [4.78, 5) is 0. The van der Waals surface area contributed by atoms with Gasteiger partial charge >= 0.3 is 0 Å². The molecule has 2 heteroatoms. The molecule has 0 fully saturated rings. The quantitative estimate of drug-likeness (QED) is 0.517. The van der Waals surface area contributed by atoms with E-state index in [0.717, 1.165) is 44.2 Å². The van der Waals surface area contributed by atoms with Crippen LogP contribution >= 0.6 is 0 Å². The van der Waals surface area contributed by atoms with Crippen molar-refractivity contribution in [3.63, 3.8) is 0 Å². The molecule has 0 aliphatic carbocycles. The third-order valence-corrected chi connectivity index (χ3v) is 2.46. The summed E-state index contributed by atoms with van der Waals surface area (Å²) in [6.07, 6.45) is 5.41. The Hall–Kier alpha value is -0.0800. The van der Waals surface area contributed by atoms with Gasteiger partial charge in [-0.25, -0.2) is 0 Å². The first kappa shape index (κ1) is 15.9. The fraction of sp³-hybridized carbons (Fsp3) is 0.929. The lowest BCUT2D eigenvalue weighted by molar-refractivity contribution is -0.0401. The second-order valence-electron chi connectivity index (χ2n) is 5.26. The SMILES string of the molecule is C[C](OCCCC(C)C)OCCCC(C)C. The molecule has 0 aromatic carbocycles. The zero-order valence-corrected chi connectivity index (χ0v) is 11.7. The Bertz CT molecular complexity index is 128. The lowest BCUT2D eigenvalue weighted by atomic mass is 10.1. The Morgan fingerprint density at radius 3 is 1.50 bits per heavy atom. The molecule has 0 spiro atoms. The smallest absolute Gasteiger partial charge is 0.220 e. The summed E-state index contributed by atoms with van der Waals surface area (Å²) in [7, 11) is 0. The molecule has 16 heavy (non-hydrogen) atoms.